The number of imidazole rings is 1. The van der Waals surface area contributed by atoms with E-state index in [1.165, 1.54) is 5.52 Å². The zero-order chi connectivity index (χ0) is 20.1. The fourth-order valence-corrected chi connectivity index (χ4v) is 5.30. The fourth-order valence-electron chi connectivity index (χ4n) is 5.30. The van der Waals surface area contributed by atoms with E-state index in [0.29, 0.717) is 37.3 Å². The molecule has 3 aliphatic rings. The van der Waals surface area contributed by atoms with Crippen LogP contribution in [0.1, 0.15) is 32.7 Å². The number of aromatic nitrogens is 2. The molecule has 2 aromatic rings. The number of nitrogens with one attached hydrogen (secondary N) is 1. The molecule has 1 aromatic carbocycles. The largest absolute Gasteiger partial charge is 0.355 e. The number of benzene rings is 1. The molecule has 7 nitrogen and oxygen atoms in total. The zero-order valence-corrected chi connectivity index (χ0v) is 17.2. The van der Waals surface area contributed by atoms with Gasteiger partial charge in [-0.3, -0.25) is 9.59 Å². The van der Waals surface area contributed by atoms with Gasteiger partial charge in [0.05, 0.1) is 17.0 Å². The summed E-state index contributed by atoms with van der Waals surface area (Å²) in [5, 5.41) is 2.84. The van der Waals surface area contributed by atoms with Crippen molar-refractivity contribution in [3.05, 3.63) is 24.3 Å². The number of nitrogens with zero attached hydrogens (tertiary/aromatic N) is 4. The van der Waals surface area contributed by atoms with E-state index in [1.807, 2.05) is 11.0 Å². The third-order valence-corrected chi connectivity index (χ3v) is 6.79. The topological polar surface area (TPSA) is 70.5 Å². The van der Waals surface area contributed by atoms with Crippen molar-refractivity contribution in [2.75, 3.05) is 37.6 Å². The third-order valence-electron chi connectivity index (χ3n) is 6.79. The van der Waals surface area contributed by atoms with Gasteiger partial charge in [-0.25, -0.2) is 4.98 Å². The predicted octanol–water partition coefficient (Wildman–Crippen LogP) is 2.04. The molecule has 1 aromatic heterocycles. The molecule has 3 fully saturated rings. The number of anilines is 1. The van der Waals surface area contributed by atoms with Crippen LogP contribution in [0.15, 0.2) is 24.3 Å². The second kappa shape index (κ2) is 7.04. The van der Waals surface area contributed by atoms with Gasteiger partial charge in [0.1, 0.15) is 0 Å². The maximum atomic E-state index is 12.9. The number of piperidine rings is 1. The summed E-state index contributed by atoms with van der Waals surface area (Å²) in [5.41, 5.74) is 2.23. The highest BCUT2D eigenvalue weighted by molar-refractivity contribution is 5.84. The smallest absolute Gasteiger partial charge is 0.227 e. The van der Waals surface area contributed by atoms with Gasteiger partial charge in [0.15, 0.2) is 0 Å². The van der Waals surface area contributed by atoms with Gasteiger partial charge in [0, 0.05) is 57.0 Å². The fraction of sp³-hybridized carbons (Fsp3) is 0.591. The van der Waals surface area contributed by atoms with E-state index < -0.39 is 0 Å². The Morgan fingerprint density at radius 3 is 2.52 bits per heavy atom. The second-order valence-corrected chi connectivity index (χ2v) is 9.07. The summed E-state index contributed by atoms with van der Waals surface area (Å²) in [5.74, 6) is 2.29. The molecule has 1 N–H and O–H groups in total. The normalized spacial score (nSPS) is 27.0. The van der Waals surface area contributed by atoms with Crippen LogP contribution in [0.3, 0.4) is 0 Å². The molecule has 0 radical (unpaired) electrons. The molecule has 3 atom stereocenters. The van der Waals surface area contributed by atoms with E-state index in [9.17, 15) is 9.59 Å². The Kier molecular flexibility index (Phi) is 4.48. The van der Waals surface area contributed by atoms with Crippen LogP contribution in [0, 0.1) is 17.8 Å². The quantitative estimate of drug-likeness (QED) is 0.863. The highest BCUT2D eigenvalue weighted by atomic mass is 16.2. The first-order chi connectivity index (χ1) is 14.0. The number of carbonyl (C=O) groups is 2. The first kappa shape index (κ1) is 18.5. The molecule has 2 amide bonds. The number of likely N-dealkylation sites (tertiary alicyclic amines) is 1. The van der Waals surface area contributed by atoms with Crippen molar-refractivity contribution in [3.8, 4) is 0 Å². The summed E-state index contributed by atoms with van der Waals surface area (Å²) in [6, 6.07) is 8.68. The maximum absolute atomic E-state index is 12.9. The Labute approximate surface area is 171 Å². The van der Waals surface area contributed by atoms with Crippen LogP contribution in [0.25, 0.3) is 11.0 Å². The van der Waals surface area contributed by atoms with Gasteiger partial charge in [0.2, 0.25) is 17.8 Å². The van der Waals surface area contributed by atoms with Crippen LogP contribution in [0.4, 0.5) is 5.95 Å². The Morgan fingerprint density at radius 1 is 1.14 bits per heavy atom. The Morgan fingerprint density at radius 2 is 1.86 bits per heavy atom. The van der Waals surface area contributed by atoms with Crippen LogP contribution in [-0.2, 0) is 9.59 Å². The Bertz CT molecular complexity index is 928. The highest BCUT2D eigenvalue weighted by Crippen LogP contribution is 2.36. The van der Waals surface area contributed by atoms with Crippen molar-refractivity contribution < 1.29 is 9.59 Å². The minimum atomic E-state index is -0.0484. The SMILES string of the molecule is CC(C)n1c(N2CC3CN(C(=O)C4CCC(=O)NC4)CC3C2)nc2ccccc21. The minimum Gasteiger partial charge on any atom is -0.355 e. The number of hydrogen-bond acceptors (Lipinski definition) is 4. The lowest BCUT2D eigenvalue weighted by Gasteiger charge is -2.28. The maximum Gasteiger partial charge on any atom is 0.227 e. The van der Waals surface area contributed by atoms with Crippen molar-refractivity contribution in [1.29, 1.82) is 0 Å². The average Bonchev–Trinajstić information content (AvgIpc) is 3.38. The lowest BCUT2D eigenvalue weighted by molar-refractivity contribution is -0.136. The van der Waals surface area contributed by atoms with Gasteiger partial charge in [0.25, 0.3) is 0 Å². The van der Waals surface area contributed by atoms with E-state index in [-0.39, 0.29) is 17.7 Å². The number of amides is 2. The molecule has 29 heavy (non-hydrogen) atoms. The summed E-state index contributed by atoms with van der Waals surface area (Å²) in [7, 11) is 0. The van der Waals surface area contributed by atoms with Gasteiger partial charge in [-0.2, -0.15) is 0 Å². The monoisotopic (exact) mass is 395 g/mol. The van der Waals surface area contributed by atoms with Crippen LogP contribution >= 0.6 is 0 Å². The standard InChI is InChI=1S/C22H29N5O2/c1-14(2)27-19-6-4-3-5-18(19)24-22(27)26-12-16-10-25(11-17(16)13-26)21(29)15-7-8-20(28)23-9-15/h3-6,14-17H,7-13H2,1-2H3,(H,23,28). The van der Waals surface area contributed by atoms with E-state index >= 15 is 0 Å². The van der Waals surface area contributed by atoms with E-state index in [4.69, 9.17) is 4.98 Å². The minimum absolute atomic E-state index is 0.0484. The molecule has 3 saturated heterocycles. The zero-order valence-electron chi connectivity index (χ0n) is 17.2. The lowest BCUT2D eigenvalue weighted by atomic mass is 9.98. The molecule has 0 aliphatic carbocycles. The number of fused-ring (bicyclic) bond motifs is 2. The summed E-state index contributed by atoms with van der Waals surface area (Å²) in [6.45, 7) is 8.46. The van der Waals surface area contributed by atoms with E-state index in [2.05, 4.69) is 46.8 Å². The van der Waals surface area contributed by atoms with E-state index in [0.717, 1.165) is 37.6 Å². The molecule has 0 saturated carbocycles. The molecule has 5 rings (SSSR count). The number of rotatable bonds is 3. The molecule has 7 heteroatoms. The molecule has 0 bridgehead atoms. The highest BCUT2D eigenvalue weighted by Gasteiger charge is 2.44. The molecule has 4 heterocycles. The van der Waals surface area contributed by atoms with Gasteiger partial charge in [-0.05, 0) is 32.4 Å². The first-order valence-corrected chi connectivity index (χ1v) is 10.8. The summed E-state index contributed by atoms with van der Waals surface area (Å²) < 4.78 is 2.34. The van der Waals surface area contributed by atoms with Crippen molar-refractivity contribution in [2.45, 2.75) is 32.7 Å². The molecular weight excluding hydrogens is 366 g/mol. The van der Waals surface area contributed by atoms with Crippen LogP contribution in [-0.4, -0.2) is 59.0 Å². The lowest BCUT2D eigenvalue weighted by Crippen LogP contribution is -2.45. The van der Waals surface area contributed by atoms with Crippen molar-refractivity contribution in [1.82, 2.24) is 19.8 Å². The predicted molar refractivity (Wildman–Crippen MR) is 112 cm³/mol. The first-order valence-electron chi connectivity index (χ1n) is 10.8. The Hall–Kier alpha value is -2.57. The number of para-hydroxylation sites is 2. The van der Waals surface area contributed by atoms with Gasteiger partial charge < -0.3 is 19.7 Å². The van der Waals surface area contributed by atoms with Gasteiger partial charge >= 0.3 is 0 Å². The summed E-state index contributed by atoms with van der Waals surface area (Å²) in [4.78, 5) is 33.7. The Balaban J connectivity index is 1.29. The molecule has 3 aliphatic heterocycles. The number of carbonyl (C=O) groups excluding carboxylic acids is 2. The number of hydrogen-bond donors (Lipinski definition) is 1. The van der Waals surface area contributed by atoms with Gasteiger partial charge in [-0.15, -0.1) is 0 Å². The van der Waals surface area contributed by atoms with Crippen LogP contribution in [0.5, 0.6) is 0 Å². The van der Waals surface area contributed by atoms with E-state index in [1.54, 1.807) is 0 Å². The third kappa shape index (κ3) is 3.16. The van der Waals surface area contributed by atoms with Gasteiger partial charge in [-0.1, -0.05) is 12.1 Å². The van der Waals surface area contributed by atoms with Crippen molar-refractivity contribution in [2.24, 2.45) is 17.8 Å². The summed E-state index contributed by atoms with van der Waals surface area (Å²) >= 11 is 0. The molecular formula is C22H29N5O2. The van der Waals surface area contributed by atoms with Crippen LogP contribution in [0.2, 0.25) is 0 Å². The molecule has 154 valence electrons. The molecule has 0 spiro atoms. The van der Waals surface area contributed by atoms with Crippen molar-refractivity contribution >= 4 is 28.8 Å². The van der Waals surface area contributed by atoms with Crippen molar-refractivity contribution in [3.63, 3.8) is 0 Å². The molecule has 3 unspecified atom stereocenters. The second-order valence-electron chi connectivity index (χ2n) is 9.07. The average molecular weight is 396 g/mol. The van der Waals surface area contributed by atoms with Crippen LogP contribution < -0.4 is 10.2 Å². The summed E-state index contributed by atoms with van der Waals surface area (Å²) in [6.07, 6.45) is 1.15.